The van der Waals surface area contributed by atoms with E-state index in [2.05, 4.69) is 15.9 Å². The maximum atomic E-state index is 12.4. The number of rotatable bonds is 2. The van der Waals surface area contributed by atoms with Crippen molar-refractivity contribution in [2.45, 2.75) is 19.1 Å². The van der Waals surface area contributed by atoms with E-state index >= 15 is 0 Å². The van der Waals surface area contributed by atoms with E-state index in [4.69, 9.17) is 16.3 Å². The molecule has 2 rings (SSSR count). The molecule has 1 amide bonds. The van der Waals surface area contributed by atoms with Crippen LogP contribution in [0.5, 0.6) is 0 Å². The Hall–Kier alpha value is -0.580. The van der Waals surface area contributed by atoms with Crippen LogP contribution in [0.4, 0.5) is 0 Å². The normalized spacial score (nSPS) is 24.1. The molecule has 0 saturated carbocycles. The highest BCUT2D eigenvalue weighted by atomic mass is 79.9. The topological polar surface area (TPSA) is 29.5 Å². The van der Waals surface area contributed by atoms with E-state index in [1.54, 1.807) is 4.90 Å². The summed E-state index contributed by atoms with van der Waals surface area (Å²) in [5.41, 5.74) is 0.680. The van der Waals surface area contributed by atoms with Gasteiger partial charge < -0.3 is 9.64 Å². The Morgan fingerprint density at radius 2 is 2.22 bits per heavy atom. The predicted molar refractivity (Wildman–Crippen MR) is 75.1 cm³/mol. The first-order chi connectivity index (χ1) is 8.61. The molecule has 0 N–H and O–H groups in total. The lowest BCUT2D eigenvalue weighted by molar-refractivity contribution is -0.0570. The smallest absolute Gasteiger partial charge is 0.255 e. The van der Waals surface area contributed by atoms with Gasteiger partial charge in [0.25, 0.3) is 5.91 Å². The van der Waals surface area contributed by atoms with Crippen molar-refractivity contribution in [3.8, 4) is 0 Å². The molecule has 18 heavy (non-hydrogen) atoms. The van der Waals surface area contributed by atoms with Crippen LogP contribution in [0.2, 0.25) is 0 Å². The molecular formula is C13H15BrClNO2. The second-order valence-electron chi connectivity index (χ2n) is 4.41. The third-order valence-corrected chi connectivity index (χ3v) is 3.93. The molecule has 1 aromatic carbocycles. The summed E-state index contributed by atoms with van der Waals surface area (Å²) in [6, 6.07) is 7.45. The summed E-state index contributed by atoms with van der Waals surface area (Å²) in [5.74, 6) is 0.428. The van der Waals surface area contributed by atoms with Crippen LogP contribution in [0.3, 0.4) is 0 Å². The van der Waals surface area contributed by atoms with Crippen molar-refractivity contribution in [2.24, 2.45) is 0 Å². The van der Waals surface area contributed by atoms with Gasteiger partial charge in [-0.25, -0.2) is 0 Å². The van der Waals surface area contributed by atoms with Gasteiger partial charge in [0.1, 0.15) is 0 Å². The van der Waals surface area contributed by atoms with Gasteiger partial charge >= 0.3 is 0 Å². The Labute approximate surface area is 120 Å². The predicted octanol–water partition coefficient (Wildman–Crippen LogP) is 2.92. The van der Waals surface area contributed by atoms with Gasteiger partial charge in [0, 0.05) is 17.6 Å². The number of nitrogens with zero attached hydrogens (tertiary/aromatic N) is 1. The summed E-state index contributed by atoms with van der Waals surface area (Å²) < 4.78 is 6.46. The molecule has 1 aliphatic rings. The van der Waals surface area contributed by atoms with Crippen LogP contribution in [0, 0.1) is 0 Å². The molecule has 3 nitrogen and oxygen atoms in total. The third kappa shape index (κ3) is 3.05. The molecule has 2 unspecified atom stereocenters. The molecule has 0 radical (unpaired) electrons. The van der Waals surface area contributed by atoms with E-state index in [0.29, 0.717) is 24.5 Å². The zero-order valence-corrected chi connectivity index (χ0v) is 12.4. The quantitative estimate of drug-likeness (QED) is 0.779. The minimum atomic E-state index is -0.0816. The highest BCUT2D eigenvalue weighted by Gasteiger charge is 2.29. The fourth-order valence-electron chi connectivity index (χ4n) is 2.10. The molecule has 0 aromatic heterocycles. The minimum absolute atomic E-state index is 0.0211. The molecule has 0 aliphatic carbocycles. The molecule has 1 aliphatic heterocycles. The highest BCUT2D eigenvalue weighted by Crippen LogP contribution is 2.20. The summed E-state index contributed by atoms with van der Waals surface area (Å²) in [6.45, 7) is 3.11. The fraction of sp³-hybridized carbons (Fsp3) is 0.462. The first kappa shape index (κ1) is 13.8. The van der Waals surface area contributed by atoms with E-state index < -0.39 is 0 Å². The van der Waals surface area contributed by atoms with Crippen molar-refractivity contribution in [1.82, 2.24) is 4.90 Å². The summed E-state index contributed by atoms with van der Waals surface area (Å²) in [6.07, 6.45) is -0.0595. The van der Waals surface area contributed by atoms with E-state index in [0.717, 1.165) is 4.47 Å². The van der Waals surface area contributed by atoms with Gasteiger partial charge in [-0.2, -0.15) is 0 Å². The second-order valence-corrected chi connectivity index (χ2v) is 5.58. The maximum Gasteiger partial charge on any atom is 0.255 e. The Morgan fingerprint density at radius 1 is 1.50 bits per heavy atom. The van der Waals surface area contributed by atoms with Crippen LogP contribution in [0.15, 0.2) is 28.7 Å². The second kappa shape index (κ2) is 6.04. The molecule has 1 heterocycles. The molecule has 1 fully saturated rings. The average molecular weight is 333 g/mol. The van der Waals surface area contributed by atoms with Gasteiger partial charge in [-0.3, -0.25) is 4.79 Å². The van der Waals surface area contributed by atoms with Crippen LogP contribution in [0.25, 0.3) is 0 Å². The number of benzene rings is 1. The minimum Gasteiger partial charge on any atom is -0.370 e. The average Bonchev–Trinajstić information content (AvgIpc) is 2.37. The zero-order valence-electron chi connectivity index (χ0n) is 10.1. The lowest BCUT2D eigenvalue weighted by atomic mass is 10.1. The van der Waals surface area contributed by atoms with Crippen molar-refractivity contribution >= 4 is 33.4 Å². The number of alkyl halides is 1. The summed E-state index contributed by atoms with van der Waals surface area (Å²) in [4.78, 5) is 14.2. The van der Waals surface area contributed by atoms with Gasteiger partial charge in [-0.1, -0.05) is 12.1 Å². The molecular weight excluding hydrogens is 318 g/mol. The van der Waals surface area contributed by atoms with Crippen molar-refractivity contribution in [2.75, 3.05) is 19.0 Å². The summed E-state index contributed by atoms with van der Waals surface area (Å²) >= 11 is 9.23. The number of morpholine rings is 1. The van der Waals surface area contributed by atoms with Crippen molar-refractivity contribution < 1.29 is 9.53 Å². The Bertz CT molecular complexity index is 441. The maximum absolute atomic E-state index is 12.4. The number of ether oxygens (including phenoxy) is 1. The van der Waals surface area contributed by atoms with Crippen molar-refractivity contribution in [1.29, 1.82) is 0 Å². The number of carbonyl (C=O) groups excluding carboxylic acids is 1. The van der Waals surface area contributed by atoms with Crippen LogP contribution >= 0.6 is 27.5 Å². The van der Waals surface area contributed by atoms with Crippen LogP contribution in [-0.2, 0) is 4.74 Å². The third-order valence-electron chi connectivity index (χ3n) is 2.89. The zero-order chi connectivity index (χ0) is 13.1. The highest BCUT2D eigenvalue weighted by molar-refractivity contribution is 9.10. The van der Waals surface area contributed by atoms with Gasteiger partial charge in [-0.15, -0.1) is 11.6 Å². The van der Waals surface area contributed by atoms with E-state index in [-0.39, 0.29) is 18.1 Å². The summed E-state index contributed by atoms with van der Waals surface area (Å²) in [7, 11) is 0. The van der Waals surface area contributed by atoms with E-state index in [1.165, 1.54) is 0 Å². The SMILES string of the molecule is CC1CN(C(=O)c2ccccc2Br)CC(CCl)O1. The molecule has 0 spiro atoms. The van der Waals surface area contributed by atoms with E-state index in [9.17, 15) is 4.79 Å². The number of carbonyl (C=O) groups is 1. The fourth-order valence-corrected chi connectivity index (χ4v) is 2.73. The van der Waals surface area contributed by atoms with Crippen molar-refractivity contribution in [3.05, 3.63) is 34.3 Å². The monoisotopic (exact) mass is 331 g/mol. The Kier molecular flexibility index (Phi) is 4.65. The standard InChI is InChI=1S/C13H15BrClNO2/c1-9-7-16(8-10(6-15)18-9)13(17)11-4-2-3-5-12(11)14/h2-5,9-10H,6-8H2,1H3. The molecule has 98 valence electrons. The number of hydrogen-bond acceptors (Lipinski definition) is 2. The molecule has 1 aromatic rings. The number of amides is 1. The Balaban J connectivity index is 2.16. The molecule has 2 atom stereocenters. The summed E-state index contributed by atoms with van der Waals surface area (Å²) in [5, 5.41) is 0. The number of hydrogen-bond donors (Lipinski definition) is 0. The van der Waals surface area contributed by atoms with Gasteiger partial charge in [0.2, 0.25) is 0 Å². The molecule has 1 saturated heterocycles. The Morgan fingerprint density at radius 3 is 2.89 bits per heavy atom. The molecule has 0 bridgehead atoms. The van der Waals surface area contributed by atoms with Gasteiger partial charge in [0.05, 0.1) is 23.7 Å². The van der Waals surface area contributed by atoms with Crippen LogP contribution < -0.4 is 0 Å². The lowest BCUT2D eigenvalue weighted by Gasteiger charge is -2.36. The van der Waals surface area contributed by atoms with E-state index in [1.807, 2.05) is 31.2 Å². The largest absolute Gasteiger partial charge is 0.370 e. The van der Waals surface area contributed by atoms with Crippen molar-refractivity contribution in [3.63, 3.8) is 0 Å². The van der Waals surface area contributed by atoms with Gasteiger partial charge in [-0.05, 0) is 35.0 Å². The first-order valence-corrected chi connectivity index (χ1v) is 7.19. The molecule has 5 heteroatoms. The van der Waals surface area contributed by atoms with Crippen LogP contribution in [-0.4, -0.2) is 42.0 Å². The van der Waals surface area contributed by atoms with Crippen LogP contribution in [0.1, 0.15) is 17.3 Å². The van der Waals surface area contributed by atoms with Gasteiger partial charge in [0.15, 0.2) is 0 Å². The first-order valence-electron chi connectivity index (χ1n) is 5.87. The number of halogens is 2. The lowest BCUT2D eigenvalue weighted by Crippen LogP contribution is -2.49.